The highest BCUT2D eigenvalue weighted by Crippen LogP contribution is 2.37. The minimum absolute atomic E-state index is 0.721. The van der Waals surface area contributed by atoms with Crippen molar-refractivity contribution < 1.29 is 23.7 Å². The van der Waals surface area contributed by atoms with Gasteiger partial charge in [0.2, 0.25) is 0 Å². The third-order valence-electron chi connectivity index (χ3n) is 7.56. The summed E-state index contributed by atoms with van der Waals surface area (Å²) in [5, 5.41) is 4.55. The molecule has 2 heterocycles. The number of methoxy groups -OCH3 is 1. The smallest absolute Gasteiger partial charge is 0.127 e. The van der Waals surface area contributed by atoms with Gasteiger partial charge in [0.15, 0.2) is 0 Å². The Labute approximate surface area is 226 Å². The summed E-state index contributed by atoms with van der Waals surface area (Å²) < 4.78 is 28.8. The molecular weight excluding hydrogens is 480 g/mol. The predicted molar refractivity (Wildman–Crippen MR) is 152 cm³/mol. The van der Waals surface area contributed by atoms with Crippen molar-refractivity contribution in [3.05, 3.63) is 42.5 Å². The Morgan fingerprint density at radius 1 is 0.632 bits per heavy atom. The van der Waals surface area contributed by atoms with E-state index in [2.05, 4.69) is 52.3 Å². The Balaban J connectivity index is 1.15. The lowest BCUT2D eigenvalue weighted by molar-refractivity contribution is 0.0367. The summed E-state index contributed by atoms with van der Waals surface area (Å²) in [6, 6.07) is 14.8. The minimum Gasteiger partial charge on any atom is -0.496 e. The zero-order valence-corrected chi connectivity index (χ0v) is 22.8. The molecule has 0 unspecified atom stereocenters. The first-order valence-corrected chi connectivity index (χ1v) is 14.2. The van der Waals surface area contributed by atoms with Gasteiger partial charge in [-0.25, -0.2) is 0 Å². The SMILES string of the molecule is COc1cc2cc(OCCCCN3CCOCC3)ccc2c2ccc(OCCCCN3CCOCC3)cc12. The van der Waals surface area contributed by atoms with Crippen molar-refractivity contribution in [3.8, 4) is 17.2 Å². The Morgan fingerprint density at radius 3 is 1.76 bits per heavy atom. The molecule has 7 nitrogen and oxygen atoms in total. The molecule has 0 amide bonds. The minimum atomic E-state index is 0.721. The first-order valence-electron chi connectivity index (χ1n) is 14.2. The summed E-state index contributed by atoms with van der Waals surface area (Å²) in [5.74, 6) is 2.65. The van der Waals surface area contributed by atoms with Crippen molar-refractivity contribution in [1.29, 1.82) is 0 Å². The van der Waals surface area contributed by atoms with Crippen molar-refractivity contribution >= 4 is 21.5 Å². The van der Waals surface area contributed by atoms with Crippen LogP contribution < -0.4 is 14.2 Å². The molecule has 3 aromatic carbocycles. The molecule has 0 bridgehead atoms. The van der Waals surface area contributed by atoms with Gasteiger partial charge in [0, 0.05) is 31.6 Å². The lowest BCUT2D eigenvalue weighted by Gasteiger charge is -2.26. The molecule has 0 radical (unpaired) electrons. The molecule has 38 heavy (non-hydrogen) atoms. The average Bonchev–Trinajstić information content (AvgIpc) is 2.97. The van der Waals surface area contributed by atoms with Crippen LogP contribution in [0.1, 0.15) is 25.7 Å². The largest absolute Gasteiger partial charge is 0.496 e. The zero-order valence-electron chi connectivity index (χ0n) is 22.8. The van der Waals surface area contributed by atoms with Crippen molar-refractivity contribution in [2.24, 2.45) is 0 Å². The molecule has 0 spiro atoms. The molecule has 7 heteroatoms. The highest BCUT2D eigenvalue weighted by atomic mass is 16.5. The molecule has 2 fully saturated rings. The van der Waals surface area contributed by atoms with Gasteiger partial charge >= 0.3 is 0 Å². The zero-order chi connectivity index (χ0) is 26.0. The van der Waals surface area contributed by atoms with E-state index in [0.29, 0.717) is 0 Å². The summed E-state index contributed by atoms with van der Waals surface area (Å²) in [4.78, 5) is 4.94. The first-order chi connectivity index (χ1) is 18.8. The van der Waals surface area contributed by atoms with Crippen LogP contribution in [0.2, 0.25) is 0 Å². The second kappa shape index (κ2) is 14.0. The maximum atomic E-state index is 6.11. The fourth-order valence-electron chi connectivity index (χ4n) is 5.34. The standard InChI is InChI=1S/C31H42N2O5/c1-34-31-23-25-22-26(37-16-4-2-10-32-12-18-35-19-13-32)6-8-28(25)29-9-7-27(24-30(29)31)38-17-5-3-11-33-14-20-36-21-15-33/h6-9,22-24H,2-5,10-21H2,1H3. The quantitative estimate of drug-likeness (QED) is 0.232. The van der Waals surface area contributed by atoms with Crippen LogP contribution in [0.5, 0.6) is 17.2 Å². The van der Waals surface area contributed by atoms with Crippen LogP contribution in [0.4, 0.5) is 0 Å². The molecule has 2 saturated heterocycles. The monoisotopic (exact) mass is 522 g/mol. The van der Waals surface area contributed by atoms with Crippen molar-refractivity contribution in [2.45, 2.75) is 25.7 Å². The number of ether oxygens (including phenoxy) is 5. The predicted octanol–water partition coefficient (Wildman–Crippen LogP) is 4.98. The normalized spacial score (nSPS) is 17.2. The Kier molecular flexibility index (Phi) is 9.94. The third-order valence-corrected chi connectivity index (χ3v) is 7.56. The van der Waals surface area contributed by atoms with E-state index < -0.39 is 0 Å². The highest BCUT2D eigenvalue weighted by molar-refractivity contribution is 6.11. The van der Waals surface area contributed by atoms with Crippen LogP contribution in [0.3, 0.4) is 0 Å². The van der Waals surface area contributed by atoms with Gasteiger partial charge < -0.3 is 23.7 Å². The Morgan fingerprint density at radius 2 is 1.18 bits per heavy atom. The number of unbranched alkanes of at least 4 members (excludes halogenated alkanes) is 2. The van der Waals surface area contributed by atoms with Gasteiger partial charge in [0.25, 0.3) is 0 Å². The van der Waals surface area contributed by atoms with Gasteiger partial charge in [0.1, 0.15) is 17.2 Å². The molecule has 0 atom stereocenters. The molecule has 0 N–H and O–H groups in total. The second-order valence-corrected chi connectivity index (χ2v) is 10.2. The summed E-state index contributed by atoms with van der Waals surface area (Å²) in [6.45, 7) is 11.3. The molecular formula is C31H42N2O5. The fraction of sp³-hybridized carbons (Fsp3) is 0.548. The summed E-state index contributed by atoms with van der Waals surface area (Å²) in [7, 11) is 1.73. The number of hydrogen-bond donors (Lipinski definition) is 0. The first kappa shape index (κ1) is 27.0. The summed E-state index contributed by atoms with van der Waals surface area (Å²) in [5.41, 5.74) is 0. The number of nitrogens with zero attached hydrogens (tertiary/aromatic N) is 2. The second-order valence-electron chi connectivity index (χ2n) is 10.2. The van der Waals surface area contributed by atoms with Crippen LogP contribution in [-0.4, -0.2) is 95.8 Å². The summed E-state index contributed by atoms with van der Waals surface area (Å²) >= 11 is 0. The molecule has 3 aromatic rings. The Bertz CT molecular complexity index is 1160. The third kappa shape index (κ3) is 7.29. The van der Waals surface area contributed by atoms with E-state index in [1.165, 1.54) is 5.39 Å². The van der Waals surface area contributed by atoms with Crippen LogP contribution >= 0.6 is 0 Å². The molecule has 0 saturated carbocycles. The number of hydrogen-bond acceptors (Lipinski definition) is 7. The molecule has 0 aliphatic carbocycles. The maximum absolute atomic E-state index is 6.11. The van der Waals surface area contributed by atoms with E-state index in [0.717, 1.165) is 138 Å². The maximum Gasteiger partial charge on any atom is 0.127 e. The van der Waals surface area contributed by atoms with Crippen molar-refractivity contribution in [1.82, 2.24) is 9.80 Å². The molecule has 2 aliphatic heterocycles. The summed E-state index contributed by atoms with van der Waals surface area (Å²) in [6.07, 6.45) is 4.37. The van der Waals surface area contributed by atoms with E-state index in [1.54, 1.807) is 7.11 Å². The number of fused-ring (bicyclic) bond motifs is 3. The Hall–Kier alpha value is -2.58. The number of morpholine rings is 2. The van der Waals surface area contributed by atoms with Gasteiger partial charge in [-0.2, -0.15) is 0 Å². The van der Waals surface area contributed by atoms with Gasteiger partial charge in [-0.05, 0) is 91.3 Å². The van der Waals surface area contributed by atoms with Gasteiger partial charge in [0.05, 0.1) is 46.8 Å². The lowest BCUT2D eigenvalue weighted by Crippen LogP contribution is -2.36. The molecule has 2 aliphatic rings. The van der Waals surface area contributed by atoms with Gasteiger partial charge in [-0.1, -0.05) is 6.07 Å². The lowest BCUT2D eigenvalue weighted by atomic mass is 10.0. The number of rotatable bonds is 13. The highest BCUT2D eigenvalue weighted by Gasteiger charge is 2.12. The van der Waals surface area contributed by atoms with E-state index in [9.17, 15) is 0 Å². The topological polar surface area (TPSA) is 52.6 Å². The average molecular weight is 523 g/mol. The van der Waals surface area contributed by atoms with Crippen molar-refractivity contribution in [2.75, 3.05) is 86.0 Å². The van der Waals surface area contributed by atoms with Crippen LogP contribution in [0, 0.1) is 0 Å². The van der Waals surface area contributed by atoms with E-state index in [-0.39, 0.29) is 0 Å². The van der Waals surface area contributed by atoms with Gasteiger partial charge in [-0.15, -0.1) is 0 Å². The van der Waals surface area contributed by atoms with Crippen molar-refractivity contribution in [3.63, 3.8) is 0 Å². The van der Waals surface area contributed by atoms with Crippen LogP contribution in [0.15, 0.2) is 42.5 Å². The van der Waals surface area contributed by atoms with Crippen LogP contribution in [0.25, 0.3) is 21.5 Å². The van der Waals surface area contributed by atoms with E-state index in [1.807, 2.05) is 0 Å². The number of benzene rings is 3. The fourth-order valence-corrected chi connectivity index (χ4v) is 5.34. The molecule has 0 aromatic heterocycles. The van der Waals surface area contributed by atoms with E-state index >= 15 is 0 Å². The van der Waals surface area contributed by atoms with Crippen LogP contribution in [-0.2, 0) is 9.47 Å². The molecule has 5 rings (SSSR count). The van der Waals surface area contributed by atoms with E-state index in [4.69, 9.17) is 23.7 Å². The van der Waals surface area contributed by atoms with Gasteiger partial charge in [-0.3, -0.25) is 9.80 Å². The molecule has 206 valence electrons.